The van der Waals surface area contributed by atoms with E-state index in [0.717, 1.165) is 0 Å². The van der Waals surface area contributed by atoms with Crippen molar-refractivity contribution in [3.63, 3.8) is 0 Å². The van der Waals surface area contributed by atoms with Crippen LogP contribution in [0.4, 0.5) is 0 Å². The Morgan fingerprint density at radius 3 is 2.07 bits per heavy atom. The predicted octanol–water partition coefficient (Wildman–Crippen LogP) is 8.76. The van der Waals surface area contributed by atoms with Crippen LogP contribution in [0.2, 0.25) is 0 Å². The molecule has 1 atom stereocenters. The third-order valence-electron chi connectivity index (χ3n) is 6.30. The maximum absolute atomic E-state index is 3.69. The number of H-pyrrole nitrogens is 1. The first kappa shape index (κ1) is 16.3. The second-order valence-corrected chi connectivity index (χ2v) is 10.1. The lowest BCUT2D eigenvalue weighted by Crippen LogP contribution is -1.75. The maximum atomic E-state index is 3.69. The van der Waals surface area contributed by atoms with Crippen LogP contribution in [-0.2, 0) is 0 Å². The van der Waals surface area contributed by atoms with Gasteiger partial charge >= 0.3 is 0 Å². The SMILES string of the molecule is c1ccc(-p2c3ccccc3c3c4c(ccc32)[nH]c2ccc3ccccc3c24)cc1. The van der Waals surface area contributed by atoms with Gasteiger partial charge in [-0.2, -0.15) is 0 Å². The molecule has 0 aliphatic rings. The van der Waals surface area contributed by atoms with E-state index < -0.39 is 7.53 Å². The van der Waals surface area contributed by atoms with Crippen LogP contribution in [0.25, 0.3) is 58.9 Å². The molecule has 1 N–H and O–H groups in total. The summed E-state index contributed by atoms with van der Waals surface area (Å²) in [4.78, 5) is 3.69. The molecule has 0 saturated heterocycles. The van der Waals surface area contributed by atoms with Gasteiger partial charge < -0.3 is 4.98 Å². The van der Waals surface area contributed by atoms with Crippen LogP contribution in [-0.4, -0.2) is 4.98 Å². The van der Waals surface area contributed by atoms with Crippen molar-refractivity contribution in [2.24, 2.45) is 0 Å². The number of hydrogen-bond acceptors (Lipinski definition) is 0. The normalized spacial score (nSPS) is 12.6. The monoisotopic (exact) mass is 399 g/mol. The van der Waals surface area contributed by atoms with Crippen molar-refractivity contribution in [1.82, 2.24) is 4.98 Å². The van der Waals surface area contributed by atoms with E-state index in [4.69, 9.17) is 0 Å². The molecule has 7 aromatic rings. The highest BCUT2D eigenvalue weighted by molar-refractivity contribution is 7.68. The van der Waals surface area contributed by atoms with Crippen LogP contribution in [0.15, 0.2) is 103 Å². The standard InChI is InChI=1S/C28H18NP/c1-2-9-19(10-3-1)30-24-13-7-6-12-21(24)27-25(30)17-16-23-28(27)26-20-11-5-4-8-18(20)14-15-22(26)29-23/h1-17,29H. The Labute approximate surface area is 174 Å². The van der Waals surface area contributed by atoms with Crippen molar-refractivity contribution < 1.29 is 0 Å². The molecule has 2 aromatic heterocycles. The average Bonchev–Trinajstić information content (AvgIpc) is 3.35. The van der Waals surface area contributed by atoms with Crippen LogP contribution in [0.5, 0.6) is 0 Å². The molecular formula is C28H18NP. The van der Waals surface area contributed by atoms with Crippen molar-refractivity contribution in [3.05, 3.63) is 103 Å². The summed E-state index contributed by atoms with van der Waals surface area (Å²) in [7, 11) is -0.539. The molecule has 140 valence electrons. The molecule has 0 saturated carbocycles. The largest absolute Gasteiger partial charge is 0.354 e. The molecule has 1 nitrogen and oxygen atoms in total. The molecule has 7 rings (SSSR count). The number of benzene rings is 5. The van der Waals surface area contributed by atoms with Crippen LogP contribution < -0.4 is 0 Å². The lowest BCUT2D eigenvalue weighted by Gasteiger charge is -2.04. The van der Waals surface area contributed by atoms with E-state index >= 15 is 0 Å². The van der Waals surface area contributed by atoms with Crippen LogP contribution in [0.1, 0.15) is 0 Å². The first-order valence-corrected chi connectivity index (χ1v) is 11.6. The molecule has 0 bridgehead atoms. The summed E-state index contributed by atoms with van der Waals surface area (Å²) in [5, 5.41) is 12.5. The van der Waals surface area contributed by atoms with Crippen LogP contribution in [0.3, 0.4) is 0 Å². The molecular weight excluding hydrogens is 381 g/mol. The molecule has 5 aromatic carbocycles. The Morgan fingerprint density at radius 1 is 0.467 bits per heavy atom. The van der Waals surface area contributed by atoms with Gasteiger partial charge in [0.1, 0.15) is 0 Å². The van der Waals surface area contributed by atoms with E-state index in [0.29, 0.717) is 0 Å². The number of aromatic amines is 1. The second kappa shape index (κ2) is 5.98. The summed E-state index contributed by atoms with van der Waals surface area (Å²) in [6.45, 7) is 0. The van der Waals surface area contributed by atoms with Gasteiger partial charge in [-0.1, -0.05) is 92.5 Å². The van der Waals surface area contributed by atoms with Gasteiger partial charge in [-0.05, 0) is 39.7 Å². The number of fused-ring (bicyclic) bond motifs is 9. The van der Waals surface area contributed by atoms with Crippen LogP contribution in [0, 0.1) is 0 Å². The van der Waals surface area contributed by atoms with Crippen molar-refractivity contribution in [2.45, 2.75) is 0 Å². The highest BCUT2D eigenvalue weighted by atomic mass is 31.1. The van der Waals surface area contributed by atoms with Gasteiger partial charge in [0.05, 0.1) is 0 Å². The molecule has 2 heterocycles. The molecule has 30 heavy (non-hydrogen) atoms. The molecule has 0 fully saturated rings. The zero-order valence-electron chi connectivity index (χ0n) is 16.3. The lowest BCUT2D eigenvalue weighted by atomic mass is 10.0. The summed E-state index contributed by atoms with van der Waals surface area (Å²) in [5.74, 6) is 0. The zero-order chi connectivity index (χ0) is 19.7. The van der Waals surface area contributed by atoms with Crippen molar-refractivity contribution in [1.29, 1.82) is 0 Å². The van der Waals surface area contributed by atoms with Gasteiger partial charge in [0.15, 0.2) is 0 Å². The quantitative estimate of drug-likeness (QED) is 0.284. The minimum absolute atomic E-state index is 0.539. The minimum atomic E-state index is -0.539. The topological polar surface area (TPSA) is 15.8 Å². The Balaban J connectivity index is 1.80. The smallest absolute Gasteiger partial charge is 0.0472 e. The first-order chi connectivity index (χ1) is 14.9. The van der Waals surface area contributed by atoms with Gasteiger partial charge in [0.25, 0.3) is 0 Å². The van der Waals surface area contributed by atoms with Crippen molar-refractivity contribution in [2.75, 3.05) is 0 Å². The summed E-state index contributed by atoms with van der Waals surface area (Å²) in [6.07, 6.45) is 0. The molecule has 0 amide bonds. The Hall–Kier alpha value is -3.54. The van der Waals surface area contributed by atoms with Gasteiger partial charge in [0, 0.05) is 37.4 Å². The van der Waals surface area contributed by atoms with E-state index in [1.807, 2.05) is 0 Å². The van der Waals surface area contributed by atoms with E-state index in [1.54, 1.807) is 0 Å². The van der Waals surface area contributed by atoms with E-state index in [2.05, 4.69) is 108 Å². The predicted molar refractivity (Wildman–Crippen MR) is 132 cm³/mol. The second-order valence-electron chi connectivity index (χ2n) is 7.90. The molecule has 0 spiro atoms. The third-order valence-corrected chi connectivity index (χ3v) is 8.84. The van der Waals surface area contributed by atoms with Gasteiger partial charge in [-0.15, -0.1) is 0 Å². The summed E-state index contributed by atoms with van der Waals surface area (Å²) < 4.78 is 0. The van der Waals surface area contributed by atoms with E-state index in [-0.39, 0.29) is 0 Å². The third kappa shape index (κ3) is 2.08. The van der Waals surface area contributed by atoms with E-state index in [1.165, 1.54) is 58.9 Å². The highest BCUT2D eigenvalue weighted by Crippen LogP contribution is 2.57. The maximum Gasteiger partial charge on any atom is 0.0472 e. The molecule has 0 aliphatic carbocycles. The number of hydrogen-bond donors (Lipinski definition) is 1. The molecule has 1 unspecified atom stereocenters. The van der Waals surface area contributed by atoms with Gasteiger partial charge in [-0.3, -0.25) is 0 Å². The van der Waals surface area contributed by atoms with Crippen molar-refractivity contribution >= 4 is 61.1 Å². The number of nitrogens with one attached hydrogen (secondary N) is 1. The Morgan fingerprint density at radius 2 is 1.17 bits per heavy atom. The Kier molecular flexibility index (Phi) is 3.25. The summed E-state index contributed by atoms with van der Waals surface area (Å²) in [6, 6.07) is 37.8. The fourth-order valence-electron chi connectivity index (χ4n) is 5.07. The Bertz CT molecular complexity index is 1740. The lowest BCUT2D eigenvalue weighted by molar-refractivity contribution is 1.56. The molecule has 2 heteroatoms. The van der Waals surface area contributed by atoms with Crippen molar-refractivity contribution in [3.8, 4) is 5.30 Å². The van der Waals surface area contributed by atoms with E-state index in [9.17, 15) is 0 Å². The summed E-state index contributed by atoms with van der Waals surface area (Å²) >= 11 is 0. The number of aromatic nitrogens is 1. The summed E-state index contributed by atoms with van der Waals surface area (Å²) in [5.41, 5.74) is 2.44. The highest BCUT2D eigenvalue weighted by Gasteiger charge is 2.18. The van der Waals surface area contributed by atoms with Crippen LogP contribution >= 0.6 is 7.53 Å². The fourth-order valence-corrected chi connectivity index (χ4v) is 7.70. The minimum Gasteiger partial charge on any atom is -0.354 e. The number of rotatable bonds is 1. The average molecular weight is 399 g/mol. The van der Waals surface area contributed by atoms with Gasteiger partial charge in [0.2, 0.25) is 0 Å². The first-order valence-electron chi connectivity index (χ1n) is 10.3. The molecule has 0 radical (unpaired) electrons. The van der Waals surface area contributed by atoms with Gasteiger partial charge in [-0.25, -0.2) is 0 Å². The fraction of sp³-hybridized carbons (Fsp3) is 0. The zero-order valence-corrected chi connectivity index (χ0v) is 17.2. The molecule has 0 aliphatic heterocycles.